The summed E-state index contributed by atoms with van der Waals surface area (Å²) in [5, 5.41) is 3.86. The molecule has 2 aromatic rings. The van der Waals surface area contributed by atoms with Gasteiger partial charge >= 0.3 is 0 Å². The van der Waals surface area contributed by atoms with Crippen molar-refractivity contribution in [2.75, 3.05) is 19.6 Å². The number of aromatic nitrogens is 1. The van der Waals surface area contributed by atoms with E-state index in [0.717, 1.165) is 30.8 Å². The maximum atomic E-state index is 12.4. The quantitative estimate of drug-likeness (QED) is 0.856. The van der Waals surface area contributed by atoms with Gasteiger partial charge in [0.05, 0.1) is 10.9 Å². The minimum Gasteiger partial charge on any atom is -0.463 e. The highest BCUT2D eigenvalue weighted by Crippen LogP contribution is 2.27. The van der Waals surface area contributed by atoms with Gasteiger partial charge in [-0.25, -0.2) is 0 Å². The predicted molar refractivity (Wildman–Crippen MR) is 82.4 cm³/mol. The molecule has 112 valence electrons. The van der Waals surface area contributed by atoms with Crippen LogP contribution >= 0.6 is 0 Å². The first-order valence-corrected chi connectivity index (χ1v) is 7.60. The fourth-order valence-corrected chi connectivity index (χ4v) is 3.58. The number of nitrogens with one attached hydrogen (secondary N) is 1. The lowest BCUT2D eigenvalue weighted by molar-refractivity contribution is 0.0904. The Bertz CT molecular complexity index is 762. The van der Waals surface area contributed by atoms with Gasteiger partial charge in [-0.05, 0) is 25.3 Å². The maximum absolute atomic E-state index is 12.4. The number of hydrogen-bond acceptors (Lipinski definition) is 4. The molecule has 3 atom stereocenters. The van der Waals surface area contributed by atoms with Gasteiger partial charge in [0.15, 0.2) is 0 Å². The van der Waals surface area contributed by atoms with E-state index >= 15 is 0 Å². The highest BCUT2D eigenvalue weighted by molar-refractivity contribution is 5.96. The van der Waals surface area contributed by atoms with Gasteiger partial charge < -0.3 is 14.6 Å². The van der Waals surface area contributed by atoms with Crippen molar-refractivity contribution in [3.8, 4) is 12.3 Å². The van der Waals surface area contributed by atoms with Crippen molar-refractivity contribution in [2.24, 2.45) is 5.92 Å². The lowest BCUT2D eigenvalue weighted by atomic mass is 9.97. The van der Waals surface area contributed by atoms with Gasteiger partial charge in [-0.3, -0.25) is 9.78 Å². The van der Waals surface area contributed by atoms with E-state index in [1.54, 1.807) is 12.3 Å². The Kier molecular flexibility index (Phi) is 3.12. The van der Waals surface area contributed by atoms with Crippen molar-refractivity contribution in [3.05, 3.63) is 29.8 Å². The van der Waals surface area contributed by atoms with Gasteiger partial charge in [0.1, 0.15) is 17.5 Å². The Labute approximate surface area is 128 Å². The minimum absolute atomic E-state index is 0.145. The Morgan fingerprint density at radius 1 is 1.50 bits per heavy atom. The molecule has 0 saturated carbocycles. The summed E-state index contributed by atoms with van der Waals surface area (Å²) >= 11 is 0. The summed E-state index contributed by atoms with van der Waals surface area (Å²) in [5.74, 6) is 3.12. The molecule has 0 aromatic carbocycles. The fourth-order valence-electron chi connectivity index (χ4n) is 3.58. The number of nitrogens with zero attached hydrogens (tertiary/aromatic N) is 2. The van der Waals surface area contributed by atoms with E-state index in [4.69, 9.17) is 10.8 Å². The van der Waals surface area contributed by atoms with E-state index in [9.17, 15) is 4.79 Å². The van der Waals surface area contributed by atoms with Gasteiger partial charge in [0.25, 0.3) is 5.91 Å². The Hall–Kier alpha value is -2.32. The third-order valence-corrected chi connectivity index (χ3v) is 4.65. The number of carbonyl (C=O) groups excluding carboxylic acids is 1. The second kappa shape index (κ2) is 5.15. The Balaban J connectivity index is 1.52. The number of fused-ring (bicyclic) bond motifs is 3. The van der Waals surface area contributed by atoms with Crippen LogP contribution in [0.1, 0.15) is 28.9 Å². The number of furan rings is 1. The first kappa shape index (κ1) is 13.4. The molecule has 2 aliphatic heterocycles. The van der Waals surface area contributed by atoms with E-state index in [1.165, 1.54) is 19.2 Å². The predicted octanol–water partition coefficient (Wildman–Crippen LogP) is 1.63. The minimum atomic E-state index is -0.145. The van der Waals surface area contributed by atoms with Crippen molar-refractivity contribution in [1.29, 1.82) is 0 Å². The molecule has 2 aliphatic rings. The van der Waals surface area contributed by atoms with Crippen molar-refractivity contribution in [2.45, 2.75) is 18.9 Å². The van der Waals surface area contributed by atoms with Crippen LogP contribution in [-0.2, 0) is 0 Å². The number of piperidine rings is 1. The Morgan fingerprint density at radius 3 is 3.23 bits per heavy atom. The molecule has 2 saturated heterocycles. The number of hydrogen-bond donors (Lipinski definition) is 1. The zero-order valence-corrected chi connectivity index (χ0v) is 12.2. The van der Waals surface area contributed by atoms with Crippen molar-refractivity contribution in [3.63, 3.8) is 0 Å². The topological polar surface area (TPSA) is 58.4 Å². The molecule has 0 radical (unpaired) electrons. The van der Waals surface area contributed by atoms with Crippen LogP contribution in [0.15, 0.2) is 22.9 Å². The van der Waals surface area contributed by atoms with Gasteiger partial charge in [-0.2, -0.15) is 0 Å². The average Bonchev–Trinajstić information content (AvgIpc) is 3.09. The second-order valence-corrected chi connectivity index (χ2v) is 6.18. The summed E-state index contributed by atoms with van der Waals surface area (Å²) in [6, 6.07) is 1.87. The third-order valence-electron chi connectivity index (χ3n) is 4.65. The van der Waals surface area contributed by atoms with Crippen LogP contribution in [0.25, 0.3) is 11.0 Å². The van der Waals surface area contributed by atoms with Crippen molar-refractivity contribution < 1.29 is 9.21 Å². The molecule has 1 N–H and O–H groups in total. The lowest BCUT2D eigenvalue weighted by Gasteiger charge is -2.30. The van der Waals surface area contributed by atoms with Crippen LogP contribution in [-0.4, -0.2) is 41.5 Å². The highest BCUT2D eigenvalue weighted by atomic mass is 16.3. The van der Waals surface area contributed by atoms with Crippen LogP contribution in [0.3, 0.4) is 0 Å². The molecule has 5 nitrogen and oxygen atoms in total. The number of amides is 1. The number of pyridine rings is 1. The number of terminal acetylenes is 1. The second-order valence-electron chi connectivity index (χ2n) is 6.18. The van der Waals surface area contributed by atoms with E-state index in [2.05, 4.69) is 21.1 Å². The maximum Gasteiger partial charge on any atom is 0.270 e. The summed E-state index contributed by atoms with van der Waals surface area (Å²) in [6.07, 6.45) is 10.8. The molecule has 1 amide bonds. The Morgan fingerprint density at radius 2 is 2.41 bits per heavy atom. The summed E-state index contributed by atoms with van der Waals surface area (Å²) in [4.78, 5) is 19.0. The molecular formula is C17H17N3O2. The third kappa shape index (κ3) is 2.26. The summed E-state index contributed by atoms with van der Waals surface area (Å²) in [6.45, 7) is 3.27. The standard InChI is InChI=1S/C17H17N3O2/c1-2-12-10-22-16-6-15(18-7-14(12)16)17(21)19-13-5-11-3-4-20(8-11)9-13/h1,6-7,10-11,13H,3-5,8-9H2,(H,19,21). The fraction of sp³-hybridized carbons (Fsp3) is 0.412. The van der Waals surface area contributed by atoms with Gasteiger partial charge in [-0.15, -0.1) is 6.42 Å². The first-order valence-electron chi connectivity index (χ1n) is 7.60. The smallest absolute Gasteiger partial charge is 0.270 e. The molecule has 2 bridgehead atoms. The summed E-state index contributed by atoms with van der Waals surface area (Å²) < 4.78 is 5.39. The van der Waals surface area contributed by atoms with Crippen molar-refractivity contribution >= 4 is 16.9 Å². The summed E-state index contributed by atoms with van der Waals surface area (Å²) in [7, 11) is 0. The van der Waals surface area contributed by atoms with Gasteiger partial charge in [0, 0.05) is 31.4 Å². The van der Waals surface area contributed by atoms with Crippen LogP contribution in [0.2, 0.25) is 0 Å². The molecule has 22 heavy (non-hydrogen) atoms. The SMILES string of the molecule is C#Cc1coc2cc(C(=O)NC3CC4CCN(C4)C3)ncc12. The van der Waals surface area contributed by atoms with Gasteiger partial charge in [-0.1, -0.05) is 5.92 Å². The van der Waals surface area contributed by atoms with Crippen LogP contribution in [0.4, 0.5) is 0 Å². The highest BCUT2D eigenvalue weighted by Gasteiger charge is 2.33. The molecule has 3 unspecified atom stereocenters. The lowest BCUT2D eigenvalue weighted by Crippen LogP contribution is -2.47. The normalized spacial score (nSPS) is 26.8. The average molecular weight is 295 g/mol. The molecule has 2 fully saturated rings. The van der Waals surface area contributed by atoms with Crippen molar-refractivity contribution in [1.82, 2.24) is 15.2 Å². The molecule has 2 aromatic heterocycles. The van der Waals surface area contributed by atoms with E-state index in [1.807, 2.05) is 0 Å². The van der Waals surface area contributed by atoms with E-state index in [0.29, 0.717) is 16.8 Å². The zero-order chi connectivity index (χ0) is 15.1. The monoisotopic (exact) mass is 295 g/mol. The van der Waals surface area contributed by atoms with E-state index in [-0.39, 0.29) is 11.9 Å². The molecule has 4 heterocycles. The van der Waals surface area contributed by atoms with Gasteiger partial charge in [0.2, 0.25) is 0 Å². The van der Waals surface area contributed by atoms with Crippen LogP contribution in [0, 0.1) is 18.3 Å². The zero-order valence-electron chi connectivity index (χ0n) is 12.2. The molecule has 4 rings (SSSR count). The van der Waals surface area contributed by atoms with E-state index < -0.39 is 0 Å². The molecular weight excluding hydrogens is 278 g/mol. The molecule has 5 heteroatoms. The van der Waals surface area contributed by atoms with Crippen LogP contribution < -0.4 is 5.32 Å². The largest absolute Gasteiger partial charge is 0.463 e. The molecule has 0 spiro atoms. The molecule has 0 aliphatic carbocycles. The number of rotatable bonds is 2. The first-order chi connectivity index (χ1) is 10.7. The number of carbonyl (C=O) groups is 1. The summed E-state index contributed by atoms with van der Waals surface area (Å²) in [5.41, 5.74) is 1.63. The van der Waals surface area contributed by atoms with Crippen LogP contribution in [0.5, 0.6) is 0 Å².